The number of nitrogens with zero attached hydrogens (tertiary/aromatic N) is 2. The van der Waals surface area contributed by atoms with Gasteiger partial charge >= 0.3 is 0 Å². The Labute approximate surface area is 98.0 Å². The summed E-state index contributed by atoms with van der Waals surface area (Å²) in [5.41, 5.74) is 6.98. The minimum absolute atomic E-state index is 0.0500. The highest BCUT2D eigenvalue weighted by molar-refractivity contribution is 5.42. The molecule has 0 aliphatic heterocycles. The van der Waals surface area contributed by atoms with Gasteiger partial charge < -0.3 is 10.6 Å². The predicted octanol–water partition coefficient (Wildman–Crippen LogP) is 2.50. The molecule has 1 heterocycles. The van der Waals surface area contributed by atoms with Crippen molar-refractivity contribution in [1.82, 2.24) is 4.98 Å². The van der Waals surface area contributed by atoms with Gasteiger partial charge in [0, 0.05) is 25.3 Å². The first-order valence-corrected chi connectivity index (χ1v) is 5.76. The molecule has 1 aromatic rings. The molecule has 0 radical (unpaired) electrons. The Kier molecular flexibility index (Phi) is 4.99. The van der Waals surface area contributed by atoms with Gasteiger partial charge in [0.05, 0.1) is 0 Å². The van der Waals surface area contributed by atoms with Crippen molar-refractivity contribution in [2.45, 2.75) is 26.3 Å². The smallest absolute Gasteiger partial charge is 0.129 e. The number of rotatable bonds is 6. The lowest BCUT2D eigenvalue weighted by Crippen LogP contribution is -2.25. The summed E-state index contributed by atoms with van der Waals surface area (Å²) in [5.74, 6) is 0.983. The lowest BCUT2D eigenvalue weighted by Gasteiger charge is -2.22. The van der Waals surface area contributed by atoms with Gasteiger partial charge in [0.25, 0.3) is 0 Å². The Bertz CT molecular complexity index is 334. The van der Waals surface area contributed by atoms with Crippen molar-refractivity contribution in [3.8, 4) is 0 Å². The molecule has 0 unspecified atom stereocenters. The molecule has 0 aliphatic rings. The van der Waals surface area contributed by atoms with Gasteiger partial charge in [-0.3, -0.25) is 0 Å². The zero-order chi connectivity index (χ0) is 12.0. The molecular formula is C13H21N3. The molecule has 0 bridgehead atoms. The molecule has 0 saturated carbocycles. The van der Waals surface area contributed by atoms with Crippen molar-refractivity contribution in [1.29, 1.82) is 0 Å². The number of nitrogens with two attached hydrogens (primary N) is 1. The number of aromatic nitrogens is 1. The highest BCUT2D eigenvalue weighted by Gasteiger charge is 2.07. The van der Waals surface area contributed by atoms with E-state index in [2.05, 4.69) is 29.5 Å². The summed E-state index contributed by atoms with van der Waals surface area (Å²) >= 11 is 0. The molecule has 3 nitrogen and oxygen atoms in total. The summed E-state index contributed by atoms with van der Waals surface area (Å²) in [6.45, 7) is 9.72. The number of anilines is 1. The molecule has 16 heavy (non-hydrogen) atoms. The van der Waals surface area contributed by atoms with Crippen LogP contribution in [-0.2, 0) is 0 Å². The summed E-state index contributed by atoms with van der Waals surface area (Å²) in [6, 6.07) is 4.07. The highest BCUT2D eigenvalue weighted by Crippen LogP contribution is 2.16. The van der Waals surface area contributed by atoms with Crippen molar-refractivity contribution >= 4 is 5.82 Å². The summed E-state index contributed by atoms with van der Waals surface area (Å²) in [7, 11) is 0. The van der Waals surface area contributed by atoms with E-state index in [9.17, 15) is 0 Å². The standard InChI is InChI=1S/C13H21N3/c1-4-8-16(9-5-2)13-10-12(11(3)14)6-7-15-13/h4,6-7,10-11H,1,5,8-9,14H2,2-3H3/t11-/m1/s1. The van der Waals surface area contributed by atoms with Gasteiger partial charge in [0.1, 0.15) is 5.82 Å². The third kappa shape index (κ3) is 3.35. The molecule has 0 amide bonds. The van der Waals surface area contributed by atoms with E-state index in [1.165, 1.54) is 0 Å². The Morgan fingerprint density at radius 3 is 2.94 bits per heavy atom. The van der Waals surface area contributed by atoms with Crippen molar-refractivity contribution in [2.24, 2.45) is 5.73 Å². The van der Waals surface area contributed by atoms with E-state index in [0.29, 0.717) is 0 Å². The first-order valence-electron chi connectivity index (χ1n) is 5.76. The first kappa shape index (κ1) is 12.7. The van der Waals surface area contributed by atoms with Crippen LogP contribution in [0.3, 0.4) is 0 Å². The molecule has 1 rings (SSSR count). The van der Waals surface area contributed by atoms with Crippen LogP contribution in [0.15, 0.2) is 31.0 Å². The van der Waals surface area contributed by atoms with E-state index in [0.717, 1.165) is 30.9 Å². The molecular weight excluding hydrogens is 198 g/mol. The number of hydrogen-bond donors (Lipinski definition) is 1. The monoisotopic (exact) mass is 219 g/mol. The molecule has 0 fully saturated rings. The Balaban J connectivity index is 2.90. The largest absolute Gasteiger partial charge is 0.353 e. The normalized spacial score (nSPS) is 12.2. The summed E-state index contributed by atoms with van der Waals surface area (Å²) in [5, 5.41) is 0. The Hall–Kier alpha value is -1.35. The van der Waals surface area contributed by atoms with Crippen LogP contribution in [0.25, 0.3) is 0 Å². The summed E-state index contributed by atoms with van der Waals surface area (Å²) in [6.07, 6.45) is 4.81. The van der Waals surface area contributed by atoms with Crippen LogP contribution in [0, 0.1) is 0 Å². The van der Waals surface area contributed by atoms with Crippen LogP contribution in [0.2, 0.25) is 0 Å². The van der Waals surface area contributed by atoms with E-state index in [4.69, 9.17) is 5.73 Å². The van der Waals surface area contributed by atoms with Gasteiger partial charge in [-0.05, 0) is 31.0 Å². The summed E-state index contributed by atoms with van der Waals surface area (Å²) in [4.78, 5) is 6.59. The molecule has 0 saturated heterocycles. The number of pyridine rings is 1. The van der Waals surface area contributed by atoms with Gasteiger partial charge in [-0.2, -0.15) is 0 Å². The Morgan fingerprint density at radius 2 is 2.38 bits per heavy atom. The zero-order valence-corrected chi connectivity index (χ0v) is 10.2. The molecule has 0 aliphatic carbocycles. The van der Waals surface area contributed by atoms with E-state index in [-0.39, 0.29) is 6.04 Å². The second kappa shape index (κ2) is 6.28. The lowest BCUT2D eigenvalue weighted by molar-refractivity contribution is 0.786. The number of hydrogen-bond acceptors (Lipinski definition) is 3. The minimum Gasteiger partial charge on any atom is -0.353 e. The van der Waals surface area contributed by atoms with Crippen LogP contribution >= 0.6 is 0 Å². The van der Waals surface area contributed by atoms with Gasteiger partial charge in [-0.1, -0.05) is 13.0 Å². The van der Waals surface area contributed by atoms with Crippen LogP contribution in [-0.4, -0.2) is 18.1 Å². The fourth-order valence-corrected chi connectivity index (χ4v) is 1.62. The molecule has 3 heteroatoms. The fourth-order valence-electron chi connectivity index (χ4n) is 1.62. The highest BCUT2D eigenvalue weighted by atomic mass is 15.2. The quantitative estimate of drug-likeness (QED) is 0.747. The second-order valence-corrected chi connectivity index (χ2v) is 3.97. The van der Waals surface area contributed by atoms with Crippen molar-refractivity contribution in [3.63, 3.8) is 0 Å². The van der Waals surface area contributed by atoms with Crippen LogP contribution in [0.5, 0.6) is 0 Å². The van der Waals surface area contributed by atoms with E-state index < -0.39 is 0 Å². The molecule has 1 atom stereocenters. The topological polar surface area (TPSA) is 42.1 Å². The van der Waals surface area contributed by atoms with Gasteiger partial charge in [-0.15, -0.1) is 6.58 Å². The van der Waals surface area contributed by atoms with Crippen LogP contribution < -0.4 is 10.6 Å². The Morgan fingerprint density at radius 1 is 1.62 bits per heavy atom. The van der Waals surface area contributed by atoms with E-state index in [1.54, 1.807) is 0 Å². The molecule has 1 aromatic heterocycles. The third-order valence-electron chi connectivity index (χ3n) is 2.46. The van der Waals surface area contributed by atoms with Gasteiger partial charge in [0.15, 0.2) is 0 Å². The van der Waals surface area contributed by atoms with Gasteiger partial charge in [0.2, 0.25) is 0 Å². The second-order valence-electron chi connectivity index (χ2n) is 3.97. The molecule has 88 valence electrons. The first-order chi connectivity index (χ1) is 7.69. The zero-order valence-electron chi connectivity index (χ0n) is 10.2. The molecule has 0 spiro atoms. The maximum atomic E-state index is 5.86. The molecule has 0 aromatic carbocycles. The van der Waals surface area contributed by atoms with Crippen molar-refractivity contribution < 1.29 is 0 Å². The maximum Gasteiger partial charge on any atom is 0.129 e. The fraction of sp³-hybridized carbons (Fsp3) is 0.462. The van der Waals surface area contributed by atoms with Gasteiger partial charge in [-0.25, -0.2) is 4.98 Å². The lowest BCUT2D eigenvalue weighted by atomic mass is 10.1. The summed E-state index contributed by atoms with van der Waals surface area (Å²) < 4.78 is 0. The third-order valence-corrected chi connectivity index (χ3v) is 2.46. The predicted molar refractivity (Wildman–Crippen MR) is 69.5 cm³/mol. The van der Waals surface area contributed by atoms with Crippen molar-refractivity contribution in [3.05, 3.63) is 36.5 Å². The van der Waals surface area contributed by atoms with Crippen LogP contribution in [0.1, 0.15) is 31.9 Å². The molecule has 2 N–H and O–H groups in total. The minimum atomic E-state index is 0.0500. The van der Waals surface area contributed by atoms with E-state index in [1.807, 2.05) is 25.3 Å². The maximum absolute atomic E-state index is 5.86. The SMILES string of the molecule is C=CCN(CCC)c1cc([C@@H](C)N)ccn1. The van der Waals surface area contributed by atoms with Crippen LogP contribution in [0.4, 0.5) is 5.82 Å². The van der Waals surface area contributed by atoms with E-state index >= 15 is 0 Å². The average molecular weight is 219 g/mol. The van der Waals surface area contributed by atoms with Crippen molar-refractivity contribution in [2.75, 3.05) is 18.0 Å². The average Bonchev–Trinajstić information content (AvgIpc) is 2.29.